The molecule has 3 aromatic carbocycles. The van der Waals surface area contributed by atoms with Crippen LogP contribution in [0.5, 0.6) is 5.75 Å². The van der Waals surface area contributed by atoms with E-state index in [0.717, 1.165) is 16.1 Å². The molecule has 1 aliphatic heterocycles. The Morgan fingerprint density at radius 1 is 0.935 bits per heavy atom. The molecule has 0 spiro atoms. The molecular weight excluding hydrogens is 390 g/mol. The van der Waals surface area contributed by atoms with Gasteiger partial charge in [-0.05, 0) is 29.7 Å². The fourth-order valence-corrected chi connectivity index (χ4v) is 3.60. The van der Waals surface area contributed by atoms with E-state index < -0.39 is 17.5 Å². The van der Waals surface area contributed by atoms with Gasteiger partial charge >= 0.3 is 6.03 Å². The van der Waals surface area contributed by atoms with Crippen molar-refractivity contribution in [3.05, 3.63) is 102 Å². The van der Waals surface area contributed by atoms with Crippen LogP contribution in [0, 0.1) is 0 Å². The number of benzene rings is 3. The number of imide groups is 1. The molecule has 3 aromatic rings. The lowest BCUT2D eigenvalue weighted by Crippen LogP contribution is -2.43. The number of para-hydroxylation sites is 1. The predicted molar refractivity (Wildman–Crippen MR) is 119 cm³/mol. The van der Waals surface area contributed by atoms with Crippen LogP contribution in [0.2, 0.25) is 0 Å². The summed E-state index contributed by atoms with van der Waals surface area (Å²) in [4.78, 5) is 25.8. The first kappa shape index (κ1) is 20.3. The van der Waals surface area contributed by atoms with Gasteiger partial charge in [-0.15, -0.1) is 5.01 Å². The molecular formula is C25H23N3O3. The van der Waals surface area contributed by atoms with Gasteiger partial charge in [-0.1, -0.05) is 79.7 Å². The topological polar surface area (TPSA) is 71.0 Å². The molecule has 3 amide bonds. The third-order valence-corrected chi connectivity index (χ3v) is 5.34. The van der Waals surface area contributed by atoms with Gasteiger partial charge in [0.15, 0.2) is 0 Å². The van der Waals surface area contributed by atoms with E-state index in [9.17, 15) is 9.59 Å². The van der Waals surface area contributed by atoms with Crippen LogP contribution in [0.4, 0.5) is 4.79 Å². The molecule has 1 fully saturated rings. The van der Waals surface area contributed by atoms with Gasteiger partial charge in [0.1, 0.15) is 17.9 Å². The maximum Gasteiger partial charge on any atom is 0.346 e. The monoisotopic (exact) mass is 413 g/mol. The highest BCUT2D eigenvalue weighted by molar-refractivity contribution is 6.07. The lowest BCUT2D eigenvalue weighted by atomic mass is 9.87. The van der Waals surface area contributed by atoms with E-state index in [4.69, 9.17) is 4.74 Å². The highest BCUT2D eigenvalue weighted by Crippen LogP contribution is 2.32. The molecule has 0 radical (unpaired) electrons. The zero-order valence-corrected chi connectivity index (χ0v) is 17.2. The number of rotatable bonds is 7. The predicted octanol–water partition coefficient (Wildman–Crippen LogP) is 4.46. The first-order chi connectivity index (χ1) is 15.1. The summed E-state index contributed by atoms with van der Waals surface area (Å²) in [6.45, 7) is 2.27. The molecule has 1 aliphatic rings. The zero-order chi connectivity index (χ0) is 21.7. The second kappa shape index (κ2) is 8.83. The van der Waals surface area contributed by atoms with Crippen molar-refractivity contribution in [2.24, 2.45) is 5.10 Å². The maximum atomic E-state index is 13.2. The number of amides is 3. The largest absolute Gasteiger partial charge is 0.488 e. The Morgan fingerprint density at radius 2 is 1.58 bits per heavy atom. The Bertz CT molecular complexity index is 1100. The van der Waals surface area contributed by atoms with E-state index in [0.29, 0.717) is 24.3 Å². The lowest BCUT2D eigenvalue weighted by molar-refractivity contribution is -0.131. The van der Waals surface area contributed by atoms with Crippen molar-refractivity contribution < 1.29 is 14.3 Å². The van der Waals surface area contributed by atoms with Gasteiger partial charge < -0.3 is 10.1 Å². The lowest BCUT2D eigenvalue weighted by Gasteiger charge is -2.24. The molecule has 0 saturated carbocycles. The number of hydrogen-bond donors (Lipinski definition) is 1. The van der Waals surface area contributed by atoms with Gasteiger partial charge in [0.25, 0.3) is 5.91 Å². The number of carbonyl (C=O) groups excluding carboxylic acids is 2. The van der Waals surface area contributed by atoms with Crippen molar-refractivity contribution >= 4 is 18.2 Å². The summed E-state index contributed by atoms with van der Waals surface area (Å²) in [6, 6.07) is 25.9. The minimum atomic E-state index is -1.11. The minimum Gasteiger partial charge on any atom is -0.488 e. The zero-order valence-electron chi connectivity index (χ0n) is 17.2. The second-order valence-corrected chi connectivity index (χ2v) is 7.23. The molecule has 6 nitrogen and oxygen atoms in total. The van der Waals surface area contributed by atoms with Crippen molar-refractivity contribution in [3.8, 4) is 5.75 Å². The Labute approximate surface area is 181 Å². The summed E-state index contributed by atoms with van der Waals surface area (Å²) in [6.07, 6.45) is 1.90. The van der Waals surface area contributed by atoms with Crippen LogP contribution >= 0.6 is 0 Å². The van der Waals surface area contributed by atoms with Gasteiger partial charge in [0, 0.05) is 5.56 Å². The molecule has 0 aromatic heterocycles. The van der Waals surface area contributed by atoms with Crippen molar-refractivity contribution in [2.75, 3.05) is 0 Å². The molecule has 4 rings (SSSR count). The summed E-state index contributed by atoms with van der Waals surface area (Å²) in [5.74, 6) is 0.220. The fraction of sp³-hybridized carbons (Fsp3) is 0.160. The highest BCUT2D eigenvalue weighted by atomic mass is 16.5. The van der Waals surface area contributed by atoms with Crippen molar-refractivity contribution in [3.63, 3.8) is 0 Å². The van der Waals surface area contributed by atoms with Gasteiger partial charge in [-0.3, -0.25) is 4.79 Å². The molecule has 31 heavy (non-hydrogen) atoms. The number of nitrogens with zero attached hydrogens (tertiary/aromatic N) is 2. The van der Waals surface area contributed by atoms with E-state index in [1.807, 2.05) is 91.9 Å². The minimum absolute atomic E-state index is 0.398. The van der Waals surface area contributed by atoms with Crippen LogP contribution in [-0.2, 0) is 16.9 Å². The van der Waals surface area contributed by atoms with Crippen molar-refractivity contribution in [1.29, 1.82) is 0 Å². The Kier molecular flexibility index (Phi) is 5.80. The number of urea groups is 1. The molecule has 1 saturated heterocycles. The Hall–Kier alpha value is -3.93. The molecule has 1 heterocycles. The molecule has 0 bridgehead atoms. The third kappa shape index (κ3) is 4.05. The molecule has 1 atom stereocenters. The standard InChI is InChI=1S/C25H23N3O3/c1-2-25(21-14-7-4-8-15-21)23(29)28(24(30)27-25)26-17-20-13-9-10-16-22(20)31-18-19-11-5-3-6-12-19/h3-17H,2,18H2,1H3,(H,27,30)/b26-17-/t25-/m0/s1. The van der Waals surface area contributed by atoms with Crippen molar-refractivity contribution in [2.45, 2.75) is 25.5 Å². The first-order valence-electron chi connectivity index (χ1n) is 10.2. The first-order valence-corrected chi connectivity index (χ1v) is 10.2. The van der Waals surface area contributed by atoms with E-state index in [1.54, 1.807) is 0 Å². The smallest absolute Gasteiger partial charge is 0.346 e. The summed E-state index contributed by atoms with van der Waals surface area (Å²) in [5, 5.41) is 7.92. The normalized spacial score (nSPS) is 18.4. The summed E-state index contributed by atoms with van der Waals surface area (Å²) in [7, 11) is 0. The molecule has 0 aliphatic carbocycles. The Morgan fingerprint density at radius 3 is 2.29 bits per heavy atom. The van der Waals surface area contributed by atoms with Crippen LogP contribution in [-0.4, -0.2) is 23.2 Å². The average Bonchev–Trinajstić information content (AvgIpc) is 3.08. The molecule has 1 N–H and O–H groups in total. The number of ether oxygens (including phenoxy) is 1. The molecule has 0 unspecified atom stereocenters. The third-order valence-electron chi connectivity index (χ3n) is 5.34. The number of nitrogens with one attached hydrogen (secondary N) is 1. The van der Waals surface area contributed by atoms with E-state index in [2.05, 4.69) is 10.4 Å². The van der Waals surface area contributed by atoms with Gasteiger partial charge in [0.05, 0.1) is 6.21 Å². The van der Waals surface area contributed by atoms with Crippen LogP contribution in [0.15, 0.2) is 90.0 Å². The van der Waals surface area contributed by atoms with Crippen molar-refractivity contribution in [1.82, 2.24) is 10.3 Å². The second-order valence-electron chi connectivity index (χ2n) is 7.23. The van der Waals surface area contributed by atoms with Gasteiger partial charge in [0.2, 0.25) is 0 Å². The number of hydrazone groups is 1. The van der Waals surface area contributed by atoms with Crippen LogP contribution in [0.25, 0.3) is 0 Å². The number of carbonyl (C=O) groups is 2. The van der Waals surface area contributed by atoms with E-state index in [-0.39, 0.29) is 0 Å². The van der Waals surface area contributed by atoms with E-state index in [1.165, 1.54) is 6.21 Å². The van der Waals surface area contributed by atoms with Gasteiger partial charge in [-0.25, -0.2) is 4.79 Å². The summed E-state index contributed by atoms with van der Waals surface area (Å²) >= 11 is 0. The van der Waals surface area contributed by atoms with E-state index >= 15 is 0 Å². The fourth-order valence-electron chi connectivity index (χ4n) is 3.60. The average molecular weight is 413 g/mol. The quantitative estimate of drug-likeness (QED) is 0.459. The SMILES string of the molecule is CC[C@@]1(c2ccccc2)NC(=O)N(/N=C\c2ccccc2OCc2ccccc2)C1=O. The van der Waals surface area contributed by atoms with Crippen LogP contribution in [0.3, 0.4) is 0 Å². The maximum absolute atomic E-state index is 13.2. The summed E-state index contributed by atoms with van der Waals surface area (Å²) in [5.41, 5.74) is 1.34. The summed E-state index contributed by atoms with van der Waals surface area (Å²) < 4.78 is 5.93. The number of hydrogen-bond acceptors (Lipinski definition) is 4. The molecule has 156 valence electrons. The van der Waals surface area contributed by atoms with Crippen LogP contribution < -0.4 is 10.1 Å². The van der Waals surface area contributed by atoms with Gasteiger partial charge in [-0.2, -0.15) is 5.10 Å². The van der Waals surface area contributed by atoms with Crippen LogP contribution in [0.1, 0.15) is 30.0 Å². The Balaban J connectivity index is 1.55. The molecule has 6 heteroatoms. The highest BCUT2D eigenvalue weighted by Gasteiger charge is 2.51.